The number of rotatable bonds is 6. The van der Waals surface area contributed by atoms with E-state index in [1.54, 1.807) is 16.5 Å². The molecule has 28 heavy (non-hydrogen) atoms. The summed E-state index contributed by atoms with van der Waals surface area (Å²) in [5.74, 6) is -0.251. The SMILES string of the molecule is CCOC(=O)[C@@H]1CCCCN1C(=O)CSc1nnnn1-c1ccc(C)c(C)c1. The van der Waals surface area contributed by atoms with Gasteiger partial charge in [-0.3, -0.25) is 4.79 Å². The zero-order valence-corrected chi connectivity index (χ0v) is 17.2. The number of piperidine rings is 1. The minimum absolute atomic E-state index is 0.0996. The van der Waals surface area contributed by atoms with Gasteiger partial charge in [-0.25, -0.2) is 4.79 Å². The topological polar surface area (TPSA) is 90.2 Å². The minimum Gasteiger partial charge on any atom is -0.464 e. The first-order valence-corrected chi connectivity index (χ1v) is 10.4. The van der Waals surface area contributed by atoms with Gasteiger partial charge in [0.15, 0.2) is 0 Å². The predicted molar refractivity (Wildman–Crippen MR) is 105 cm³/mol. The molecular formula is C19H25N5O3S. The molecule has 1 saturated heterocycles. The van der Waals surface area contributed by atoms with E-state index in [1.165, 1.54) is 17.3 Å². The third-order valence-corrected chi connectivity index (χ3v) is 5.79. The lowest BCUT2D eigenvalue weighted by molar-refractivity contribution is -0.155. The molecule has 1 aromatic carbocycles. The Labute approximate surface area is 168 Å². The Bertz CT molecular complexity index is 854. The largest absolute Gasteiger partial charge is 0.464 e. The summed E-state index contributed by atoms with van der Waals surface area (Å²) in [6.07, 6.45) is 2.47. The van der Waals surface area contributed by atoms with Crippen molar-refractivity contribution in [2.45, 2.75) is 51.2 Å². The molecule has 0 aliphatic carbocycles. The zero-order chi connectivity index (χ0) is 20.1. The third kappa shape index (κ3) is 4.52. The van der Waals surface area contributed by atoms with Crippen LogP contribution in [0.3, 0.4) is 0 Å². The van der Waals surface area contributed by atoms with Gasteiger partial charge in [-0.2, -0.15) is 4.68 Å². The number of benzene rings is 1. The molecule has 1 aliphatic heterocycles. The van der Waals surface area contributed by atoms with E-state index in [2.05, 4.69) is 15.5 Å². The van der Waals surface area contributed by atoms with Crippen LogP contribution in [-0.4, -0.2) is 61.9 Å². The summed E-state index contributed by atoms with van der Waals surface area (Å²) in [5, 5.41) is 12.4. The minimum atomic E-state index is -0.488. The van der Waals surface area contributed by atoms with Crippen molar-refractivity contribution in [1.82, 2.24) is 25.1 Å². The summed E-state index contributed by atoms with van der Waals surface area (Å²) in [5.41, 5.74) is 3.19. The number of carbonyl (C=O) groups is 2. The number of tetrazole rings is 1. The molecule has 1 aliphatic rings. The highest BCUT2D eigenvalue weighted by atomic mass is 32.2. The maximum absolute atomic E-state index is 12.8. The zero-order valence-electron chi connectivity index (χ0n) is 16.4. The predicted octanol–water partition coefficient (Wildman–Crippen LogP) is 2.32. The van der Waals surface area contributed by atoms with Crippen LogP contribution >= 0.6 is 11.8 Å². The monoisotopic (exact) mass is 403 g/mol. The van der Waals surface area contributed by atoms with E-state index in [0.29, 0.717) is 24.7 Å². The standard InChI is InChI=1S/C19H25N5O3S/c1-4-27-18(26)16-7-5-6-10-23(16)17(25)12-28-19-20-21-22-24(19)15-9-8-13(2)14(3)11-15/h8-9,11,16H,4-7,10,12H2,1-3H3/t16-/m0/s1. The van der Waals surface area contributed by atoms with Crippen molar-refractivity contribution in [3.05, 3.63) is 29.3 Å². The summed E-state index contributed by atoms with van der Waals surface area (Å²) < 4.78 is 6.76. The molecule has 0 spiro atoms. The number of thioether (sulfide) groups is 1. The Morgan fingerprint density at radius 1 is 1.25 bits per heavy atom. The van der Waals surface area contributed by atoms with E-state index in [1.807, 2.05) is 32.0 Å². The Balaban J connectivity index is 1.68. The molecule has 150 valence electrons. The first kappa shape index (κ1) is 20.3. The molecule has 0 N–H and O–H groups in total. The van der Waals surface area contributed by atoms with Crippen molar-refractivity contribution in [2.24, 2.45) is 0 Å². The van der Waals surface area contributed by atoms with Crippen LogP contribution in [0.25, 0.3) is 5.69 Å². The van der Waals surface area contributed by atoms with Crippen LogP contribution in [0.2, 0.25) is 0 Å². The van der Waals surface area contributed by atoms with Crippen molar-refractivity contribution >= 4 is 23.6 Å². The number of hydrogen-bond acceptors (Lipinski definition) is 7. The molecule has 2 aromatic rings. The summed E-state index contributed by atoms with van der Waals surface area (Å²) in [7, 11) is 0. The average Bonchev–Trinajstić information content (AvgIpc) is 3.17. The number of aryl methyl sites for hydroxylation is 2. The van der Waals surface area contributed by atoms with Gasteiger partial charge in [0, 0.05) is 6.54 Å². The summed E-state index contributed by atoms with van der Waals surface area (Å²) >= 11 is 1.27. The average molecular weight is 404 g/mol. The maximum atomic E-state index is 12.8. The second-order valence-corrected chi connectivity index (χ2v) is 7.72. The summed E-state index contributed by atoms with van der Waals surface area (Å²) in [4.78, 5) is 26.6. The van der Waals surface area contributed by atoms with E-state index in [0.717, 1.165) is 24.1 Å². The van der Waals surface area contributed by atoms with Crippen LogP contribution in [-0.2, 0) is 14.3 Å². The van der Waals surface area contributed by atoms with Gasteiger partial charge in [-0.05, 0) is 73.7 Å². The van der Waals surface area contributed by atoms with Gasteiger partial charge in [0.05, 0.1) is 18.0 Å². The van der Waals surface area contributed by atoms with Gasteiger partial charge in [0.1, 0.15) is 6.04 Å². The molecule has 8 nitrogen and oxygen atoms in total. The van der Waals surface area contributed by atoms with E-state index < -0.39 is 6.04 Å². The van der Waals surface area contributed by atoms with Crippen molar-refractivity contribution < 1.29 is 14.3 Å². The van der Waals surface area contributed by atoms with Gasteiger partial charge in [0.25, 0.3) is 0 Å². The van der Waals surface area contributed by atoms with Crippen molar-refractivity contribution in [3.8, 4) is 5.69 Å². The number of likely N-dealkylation sites (tertiary alicyclic amines) is 1. The van der Waals surface area contributed by atoms with E-state index >= 15 is 0 Å². The normalized spacial score (nSPS) is 16.8. The van der Waals surface area contributed by atoms with Gasteiger partial charge in [-0.15, -0.1) is 5.10 Å². The van der Waals surface area contributed by atoms with Crippen molar-refractivity contribution in [2.75, 3.05) is 18.9 Å². The first-order valence-electron chi connectivity index (χ1n) is 9.46. The van der Waals surface area contributed by atoms with Crippen LogP contribution < -0.4 is 0 Å². The number of ether oxygens (including phenoxy) is 1. The quantitative estimate of drug-likeness (QED) is 0.540. The fraction of sp³-hybridized carbons (Fsp3) is 0.526. The van der Waals surface area contributed by atoms with Crippen molar-refractivity contribution in [1.29, 1.82) is 0 Å². The molecule has 1 fully saturated rings. The number of carbonyl (C=O) groups excluding carboxylic acids is 2. The van der Waals surface area contributed by atoms with E-state index in [9.17, 15) is 9.59 Å². The van der Waals surface area contributed by atoms with E-state index in [4.69, 9.17) is 4.74 Å². The van der Waals surface area contributed by atoms with Crippen LogP contribution in [0, 0.1) is 13.8 Å². The summed E-state index contributed by atoms with van der Waals surface area (Å²) in [6.45, 7) is 6.74. The number of aromatic nitrogens is 4. The molecule has 2 heterocycles. The van der Waals surface area contributed by atoms with E-state index in [-0.39, 0.29) is 17.6 Å². The van der Waals surface area contributed by atoms with Crippen LogP contribution in [0.15, 0.2) is 23.4 Å². The van der Waals surface area contributed by atoms with Crippen LogP contribution in [0.1, 0.15) is 37.3 Å². The van der Waals surface area contributed by atoms with Gasteiger partial charge >= 0.3 is 5.97 Å². The number of esters is 1. The lowest BCUT2D eigenvalue weighted by atomic mass is 10.0. The molecule has 1 amide bonds. The molecule has 0 bridgehead atoms. The molecule has 1 atom stereocenters. The second kappa shape index (κ2) is 9.18. The molecule has 0 saturated carbocycles. The summed E-state index contributed by atoms with van der Waals surface area (Å²) in [6, 6.07) is 5.49. The first-order chi connectivity index (χ1) is 13.5. The highest BCUT2D eigenvalue weighted by Crippen LogP contribution is 2.23. The third-order valence-electron chi connectivity index (χ3n) is 4.88. The molecule has 0 unspecified atom stereocenters. The van der Waals surface area contributed by atoms with Gasteiger partial charge in [-0.1, -0.05) is 17.8 Å². The number of nitrogens with zero attached hydrogens (tertiary/aromatic N) is 5. The Morgan fingerprint density at radius 3 is 2.82 bits per heavy atom. The Morgan fingerprint density at radius 2 is 2.07 bits per heavy atom. The Hall–Kier alpha value is -2.42. The maximum Gasteiger partial charge on any atom is 0.328 e. The molecule has 9 heteroatoms. The molecule has 3 rings (SSSR count). The highest BCUT2D eigenvalue weighted by molar-refractivity contribution is 7.99. The number of amides is 1. The lowest BCUT2D eigenvalue weighted by Gasteiger charge is -2.33. The fourth-order valence-corrected chi connectivity index (χ4v) is 3.99. The van der Waals surface area contributed by atoms with Gasteiger partial charge in [0.2, 0.25) is 11.1 Å². The lowest BCUT2D eigenvalue weighted by Crippen LogP contribution is -2.49. The highest BCUT2D eigenvalue weighted by Gasteiger charge is 2.33. The van der Waals surface area contributed by atoms with Crippen molar-refractivity contribution in [3.63, 3.8) is 0 Å². The number of hydrogen-bond donors (Lipinski definition) is 0. The fourth-order valence-electron chi connectivity index (χ4n) is 3.21. The molecule has 1 aromatic heterocycles. The van der Waals surface area contributed by atoms with Crippen LogP contribution in [0.4, 0.5) is 0 Å². The molecule has 0 radical (unpaired) electrons. The van der Waals surface area contributed by atoms with Crippen LogP contribution in [0.5, 0.6) is 0 Å². The molecular weight excluding hydrogens is 378 g/mol. The second-order valence-electron chi connectivity index (χ2n) is 6.78. The van der Waals surface area contributed by atoms with Gasteiger partial charge < -0.3 is 9.64 Å². The Kier molecular flexibility index (Phi) is 6.66. The smallest absolute Gasteiger partial charge is 0.328 e.